The quantitative estimate of drug-likeness (QED) is 0.340. The molecule has 0 aromatic carbocycles. The van der Waals surface area contributed by atoms with Crippen molar-refractivity contribution in [3.8, 4) is 0 Å². The number of fused-ring (bicyclic) bond motifs is 2. The molecule has 0 radical (unpaired) electrons. The van der Waals surface area contributed by atoms with Gasteiger partial charge < -0.3 is 10.2 Å². The molecule has 162 valence electrons. The van der Waals surface area contributed by atoms with Crippen molar-refractivity contribution >= 4 is 39.8 Å². The standard InChI is InChI=1S/C20H36N4O2S.HI/c1-2-6-21-20(22-14-17-5-11-27(25,26)15-17)24-9-7-23(8-10-24)19-13-16-3-4-18(19)12-16;/h16-19H,2-15H2,1H3,(H,21,22);1H. The van der Waals surface area contributed by atoms with Crippen molar-refractivity contribution in [2.24, 2.45) is 22.7 Å². The lowest BCUT2D eigenvalue weighted by Gasteiger charge is -2.42. The molecule has 2 saturated heterocycles. The summed E-state index contributed by atoms with van der Waals surface area (Å²) >= 11 is 0. The summed E-state index contributed by atoms with van der Waals surface area (Å²) in [4.78, 5) is 9.97. The molecule has 1 N–H and O–H groups in total. The fourth-order valence-corrected chi connectivity index (χ4v) is 7.51. The molecule has 6 nitrogen and oxygen atoms in total. The van der Waals surface area contributed by atoms with Crippen LogP contribution in [0.2, 0.25) is 0 Å². The molecule has 4 unspecified atom stereocenters. The first-order valence-electron chi connectivity index (χ1n) is 11.0. The van der Waals surface area contributed by atoms with Gasteiger partial charge in [0.25, 0.3) is 0 Å². The molecule has 4 rings (SSSR count). The van der Waals surface area contributed by atoms with Gasteiger partial charge in [0, 0.05) is 45.3 Å². The zero-order valence-electron chi connectivity index (χ0n) is 17.2. The van der Waals surface area contributed by atoms with Crippen LogP contribution in [0.1, 0.15) is 45.4 Å². The summed E-state index contributed by atoms with van der Waals surface area (Å²) in [5.74, 6) is 3.81. The van der Waals surface area contributed by atoms with E-state index in [4.69, 9.17) is 4.99 Å². The van der Waals surface area contributed by atoms with Gasteiger partial charge in [-0.25, -0.2) is 8.42 Å². The summed E-state index contributed by atoms with van der Waals surface area (Å²) in [6.45, 7) is 8.07. The molecular formula is C20H37IN4O2S. The maximum atomic E-state index is 11.7. The van der Waals surface area contributed by atoms with Crippen LogP contribution in [-0.2, 0) is 9.84 Å². The molecular weight excluding hydrogens is 487 g/mol. The minimum absolute atomic E-state index is 0. The molecule has 2 bridgehead atoms. The Balaban J connectivity index is 0.00000225. The Morgan fingerprint density at radius 3 is 2.46 bits per heavy atom. The van der Waals surface area contributed by atoms with Gasteiger partial charge in [-0.15, -0.1) is 24.0 Å². The Morgan fingerprint density at radius 1 is 1.11 bits per heavy atom. The van der Waals surface area contributed by atoms with E-state index in [0.29, 0.717) is 18.1 Å². The van der Waals surface area contributed by atoms with E-state index < -0.39 is 9.84 Å². The van der Waals surface area contributed by atoms with Crippen LogP contribution in [0.3, 0.4) is 0 Å². The van der Waals surface area contributed by atoms with Crippen molar-refractivity contribution < 1.29 is 8.42 Å². The number of aliphatic imine (C=N–C) groups is 1. The normalized spacial score (nSPS) is 35.2. The van der Waals surface area contributed by atoms with E-state index in [1.54, 1.807) is 0 Å². The minimum atomic E-state index is -2.82. The largest absolute Gasteiger partial charge is 0.356 e. The van der Waals surface area contributed by atoms with Gasteiger partial charge in [-0.1, -0.05) is 13.3 Å². The van der Waals surface area contributed by atoms with Gasteiger partial charge in [0.1, 0.15) is 0 Å². The fourth-order valence-electron chi connectivity index (χ4n) is 5.66. The maximum absolute atomic E-state index is 11.7. The van der Waals surface area contributed by atoms with Gasteiger partial charge in [-0.2, -0.15) is 0 Å². The second-order valence-corrected chi connectivity index (χ2v) is 11.4. The average Bonchev–Trinajstić information content (AvgIpc) is 3.37. The number of hydrogen-bond acceptors (Lipinski definition) is 4. The van der Waals surface area contributed by atoms with Crippen LogP contribution in [0, 0.1) is 17.8 Å². The van der Waals surface area contributed by atoms with E-state index >= 15 is 0 Å². The lowest BCUT2D eigenvalue weighted by Crippen LogP contribution is -2.55. The number of sulfone groups is 1. The number of nitrogens with one attached hydrogen (secondary N) is 1. The van der Waals surface area contributed by atoms with Crippen molar-refractivity contribution in [1.82, 2.24) is 15.1 Å². The number of guanidine groups is 1. The molecule has 8 heteroatoms. The van der Waals surface area contributed by atoms with Crippen LogP contribution in [0.4, 0.5) is 0 Å². The van der Waals surface area contributed by atoms with Gasteiger partial charge in [0.05, 0.1) is 11.5 Å². The van der Waals surface area contributed by atoms with Gasteiger partial charge in [-0.3, -0.25) is 9.89 Å². The zero-order valence-corrected chi connectivity index (χ0v) is 20.3. The summed E-state index contributed by atoms with van der Waals surface area (Å²) in [6.07, 6.45) is 7.66. The average molecular weight is 525 g/mol. The molecule has 2 saturated carbocycles. The predicted octanol–water partition coefficient (Wildman–Crippen LogP) is 2.20. The molecule has 2 aliphatic carbocycles. The summed E-state index contributed by atoms with van der Waals surface area (Å²) < 4.78 is 23.4. The fraction of sp³-hybridized carbons (Fsp3) is 0.950. The SMILES string of the molecule is CCCNC(=NCC1CCS(=O)(=O)C1)N1CCN(C2CC3CCC2C3)CC1.I. The van der Waals surface area contributed by atoms with Crippen molar-refractivity contribution in [1.29, 1.82) is 0 Å². The first-order valence-corrected chi connectivity index (χ1v) is 12.8. The first-order chi connectivity index (χ1) is 13.0. The van der Waals surface area contributed by atoms with Crippen LogP contribution in [0.25, 0.3) is 0 Å². The van der Waals surface area contributed by atoms with Crippen LogP contribution in [0.5, 0.6) is 0 Å². The van der Waals surface area contributed by atoms with Crippen LogP contribution in [0.15, 0.2) is 4.99 Å². The molecule has 0 aromatic heterocycles. The van der Waals surface area contributed by atoms with Crippen LogP contribution in [-0.4, -0.2) is 81.0 Å². The number of hydrogen-bond donors (Lipinski definition) is 1. The second-order valence-electron chi connectivity index (χ2n) is 9.13. The summed E-state index contributed by atoms with van der Waals surface area (Å²) in [7, 11) is -2.82. The van der Waals surface area contributed by atoms with E-state index in [1.807, 2.05) is 0 Å². The first kappa shape index (κ1) is 22.6. The highest BCUT2D eigenvalue weighted by Gasteiger charge is 2.42. The number of piperazine rings is 1. The Bertz CT molecular complexity index is 649. The lowest BCUT2D eigenvalue weighted by molar-refractivity contribution is 0.0958. The number of nitrogens with zero attached hydrogens (tertiary/aromatic N) is 3. The van der Waals surface area contributed by atoms with Crippen LogP contribution >= 0.6 is 24.0 Å². The van der Waals surface area contributed by atoms with Gasteiger partial charge >= 0.3 is 0 Å². The molecule has 0 spiro atoms. The molecule has 4 atom stereocenters. The molecule has 28 heavy (non-hydrogen) atoms. The van der Waals surface area contributed by atoms with Gasteiger partial charge in [0.2, 0.25) is 0 Å². The van der Waals surface area contributed by atoms with E-state index in [9.17, 15) is 8.42 Å². The molecule has 2 aliphatic heterocycles. The molecule has 0 aromatic rings. The maximum Gasteiger partial charge on any atom is 0.194 e. The summed E-state index contributed by atoms with van der Waals surface area (Å²) in [5.41, 5.74) is 0. The van der Waals surface area contributed by atoms with E-state index in [1.165, 1.54) is 25.7 Å². The van der Waals surface area contributed by atoms with Crippen molar-refractivity contribution in [3.05, 3.63) is 0 Å². The highest BCUT2D eigenvalue weighted by Crippen LogP contribution is 2.46. The Labute approximate surface area is 187 Å². The smallest absolute Gasteiger partial charge is 0.194 e. The highest BCUT2D eigenvalue weighted by atomic mass is 127. The molecule has 0 amide bonds. The minimum Gasteiger partial charge on any atom is -0.356 e. The molecule has 2 heterocycles. The highest BCUT2D eigenvalue weighted by molar-refractivity contribution is 14.0. The Morgan fingerprint density at radius 2 is 1.89 bits per heavy atom. The molecule has 4 aliphatic rings. The third-order valence-corrected chi connectivity index (χ3v) is 8.98. The van der Waals surface area contributed by atoms with E-state index in [0.717, 1.165) is 69.4 Å². The third-order valence-electron chi connectivity index (χ3n) is 7.14. The van der Waals surface area contributed by atoms with Gasteiger partial charge in [-0.05, 0) is 49.9 Å². The topological polar surface area (TPSA) is 65.0 Å². The van der Waals surface area contributed by atoms with E-state index in [2.05, 4.69) is 22.0 Å². The lowest BCUT2D eigenvalue weighted by atomic mass is 9.93. The predicted molar refractivity (Wildman–Crippen MR) is 125 cm³/mol. The third kappa shape index (κ3) is 5.33. The van der Waals surface area contributed by atoms with Crippen molar-refractivity contribution in [2.45, 2.75) is 51.5 Å². The monoisotopic (exact) mass is 524 g/mol. The van der Waals surface area contributed by atoms with Crippen molar-refractivity contribution in [2.75, 3.05) is 50.8 Å². The van der Waals surface area contributed by atoms with Crippen LogP contribution < -0.4 is 5.32 Å². The second kappa shape index (κ2) is 9.81. The van der Waals surface area contributed by atoms with Crippen molar-refractivity contribution in [3.63, 3.8) is 0 Å². The number of halogens is 1. The number of rotatable bonds is 5. The zero-order chi connectivity index (χ0) is 18.9. The summed E-state index contributed by atoms with van der Waals surface area (Å²) in [5, 5.41) is 3.50. The Hall–Kier alpha value is -0.0900. The van der Waals surface area contributed by atoms with Gasteiger partial charge in [0.15, 0.2) is 15.8 Å². The van der Waals surface area contributed by atoms with E-state index in [-0.39, 0.29) is 29.9 Å². The molecule has 4 fully saturated rings. The summed E-state index contributed by atoms with van der Waals surface area (Å²) in [6, 6.07) is 0.832. The Kier molecular flexibility index (Phi) is 7.92.